The van der Waals surface area contributed by atoms with Gasteiger partial charge in [0.05, 0.1) is 15.6 Å². The number of benzene rings is 2. The molecule has 3 amide bonds. The molecule has 6 nitrogen and oxygen atoms in total. The van der Waals surface area contributed by atoms with Gasteiger partial charge in [-0.05, 0) is 47.7 Å². The van der Waals surface area contributed by atoms with Gasteiger partial charge in [0.1, 0.15) is 11.6 Å². The number of carbonyl (C=O) groups is 3. The summed E-state index contributed by atoms with van der Waals surface area (Å²) < 4.78 is 19.0. The van der Waals surface area contributed by atoms with Gasteiger partial charge in [0.15, 0.2) is 6.61 Å². The maximum atomic E-state index is 13.6. The lowest BCUT2D eigenvalue weighted by Gasteiger charge is -2.10. The van der Waals surface area contributed by atoms with Crippen LogP contribution < -0.4 is 10.1 Å². The first kappa shape index (κ1) is 21.6. The second kappa shape index (κ2) is 9.60. The molecule has 0 unspecified atom stereocenters. The molecular formula is C21H16ClFN2O4S. The Kier molecular flexibility index (Phi) is 6.91. The number of rotatable bonds is 7. The molecule has 1 heterocycles. The molecule has 1 aliphatic rings. The van der Waals surface area contributed by atoms with Crippen LogP contribution in [0.2, 0.25) is 5.02 Å². The maximum absolute atomic E-state index is 13.6. The van der Waals surface area contributed by atoms with E-state index in [-0.39, 0.29) is 39.8 Å². The van der Waals surface area contributed by atoms with E-state index >= 15 is 0 Å². The second-order valence-electron chi connectivity index (χ2n) is 6.09. The van der Waals surface area contributed by atoms with Crippen molar-refractivity contribution in [2.45, 2.75) is 0 Å². The number of anilines is 1. The van der Waals surface area contributed by atoms with Crippen LogP contribution in [0.5, 0.6) is 5.75 Å². The number of hydrogen-bond acceptors (Lipinski definition) is 5. The number of para-hydroxylation sites is 1. The first-order chi connectivity index (χ1) is 14.4. The number of hydrogen-bond donors (Lipinski definition) is 1. The normalized spacial score (nSPS) is 14.9. The number of imide groups is 1. The molecule has 0 radical (unpaired) electrons. The first-order valence-electron chi connectivity index (χ1n) is 8.72. The van der Waals surface area contributed by atoms with Crippen LogP contribution in [-0.4, -0.2) is 35.1 Å². The van der Waals surface area contributed by atoms with E-state index < -0.39 is 17.6 Å². The predicted octanol–water partition coefficient (Wildman–Crippen LogP) is 4.72. The zero-order valence-electron chi connectivity index (χ0n) is 15.6. The number of nitrogens with one attached hydrogen (secondary N) is 1. The summed E-state index contributed by atoms with van der Waals surface area (Å²) in [6.07, 6.45) is 3.03. The van der Waals surface area contributed by atoms with Crippen molar-refractivity contribution in [1.82, 2.24) is 4.90 Å². The summed E-state index contributed by atoms with van der Waals surface area (Å²) in [5.41, 5.74) is 0.644. The summed E-state index contributed by atoms with van der Waals surface area (Å²) in [6.45, 7) is 3.30. The number of nitrogens with zero attached hydrogens (tertiary/aromatic N) is 1. The molecule has 1 aliphatic heterocycles. The average Bonchev–Trinajstić information content (AvgIpc) is 2.97. The number of amides is 3. The van der Waals surface area contributed by atoms with Gasteiger partial charge in [-0.2, -0.15) is 0 Å². The van der Waals surface area contributed by atoms with E-state index in [1.807, 2.05) is 0 Å². The van der Waals surface area contributed by atoms with Crippen LogP contribution in [-0.2, 0) is 9.59 Å². The Morgan fingerprint density at radius 3 is 2.73 bits per heavy atom. The highest BCUT2D eigenvalue weighted by molar-refractivity contribution is 8.18. The van der Waals surface area contributed by atoms with Gasteiger partial charge < -0.3 is 10.1 Å². The summed E-state index contributed by atoms with van der Waals surface area (Å²) in [7, 11) is 0. The highest BCUT2D eigenvalue weighted by Gasteiger charge is 2.34. The van der Waals surface area contributed by atoms with E-state index in [0.717, 1.165) is 16.7 Å². The third-order valence-electron chi connectivity index (χ3n) is 3.95. The number of halogens is 2. The fourth-order valence-corrected chi connectivity index (χ4v) is 3.65. The van der Waals surface area contributed by atoms with Crippen molar-refractivity contribution < 1.29 is 23.5 Å². The number of thioether (sulfide) groups is 1. The molecule has 0 atom stereocenters. The summed E-state index contributed by atoms with van der Waals surface area (Å²) >= 11 is 7.03. The van der Waals surface area contributed by atoms with Gasteiger partial charge in [-0.15, -0.1) is 6.58 Å². The molecule has 2 aromatic rings. The molecule has 30 heavy (non-hydrogen) atoms. The summed E-state index contributed by atoms with van der Waals surface area (Å²) in [5.74, 6) is -1.25. The predicted molar refractivity (Wildman–Crippen MR) is 115 cm³/mol. The molecule has 1 saturated heterocycles. The lowest BCUT2D eigenvalue weighted by molar-refractivity contribution is -0.122. The van der Waals surface area contributed by atoms with E-state index in [4.69, 9.17) is 16.3 Å². The van der Waals surface area contributed by atoms with Crippen molar-refractivity contribution in [2.75, 3.05) is 18.5 Å². The van der Waals surface area contributed by atoms with Crippen LogP contribution >= 0.6 is 23.4 Å². The van der Waals surface area contributed by atoms with Gasteiger partial charge in [-0.1, -0.05) is 35.9 Å². The Balaban J connectivity index is 1.64. The van der Waals surface area contributed by atoms with Gasteiger partial charge in [-0.3, -0.25) is 19.3 Å². The van der Waals surface area contributed by atoms with Crippen molar-refractivity contribution in [3.8, 4) is 5.75 Å². The molecule has 1 fully saturated rings. The summed E-state index contributed by atoms with van der Waals surface area (Å²) in [5, 5.41) is 2.26. The standard InChI is InChI=1S/C21H16ClFN2O4S/c1-2-9-25-20(27)18(30-21(25)28)11-13-7-8-17(14(22)10-13)29-12-19(26)24-16-6-4-3-5-15(16)23/h2-8,10-11H,1,9,12H2,(H,24,26). The maximum Gasteiger partial charge on any atom is 0.293 e. The minimum atomic E-state index is -0.550. The van der Waals surface area contributed by atoms with Crippen LogP contribution in [0, 0.1) is 5.82 Å². The van der Waals surface area contributed by atoms with Crippen LogP contribution in [0.3, 0.4) is 0 Å². The molecule has 0 aromatic heterocycles. The smallest absolute Gasteiger partial charge is 0.293 e. The first-order valence-corrected chi connectivity index (χ1v) is 9.91. The van der Waals surface area contributed by atoms with Crippen molar-refractivity contribution in [3.63, 3.8) is 0 Å². The molecule has 0 aliphatic carbocycles. The number of ether oxygens (including phenoxy) is 1. The van der Waals surface area contributed by atoms with Crippen LogP contribution in [0.4, 0.5) is 14.9 Å². The monoisotopic (exact) mass is 446 g/mol. The zero-order chi connectivity index (χ0) is 21.7. The van der Waals surface area contributed by atoms with Crippen molar-refractivity contribution in [1.29, 1.82) is 0 Å². The van der Waals surface area contributed by atoms with E-state index in [0.29, 0.717) is 5.56 Å². The molecule has 154 valence electrons. The molecule has 0 spiro atoms. The molecule has 9 heteroatoms. The lowest BCUT2D eigenvalue weighted by atomic mass is 10.2. The fraction of sp³-hybridized carbons (Fsp3) is 0.0952. The molecular weight excluding hydrogens is 431 g/mol. The van der Waals surface area contributed by atoms with E-state index in [1.165, 1.54) is 24.3 Å². The highest BCUT2D eigenvalue weighted by atomic mass is 35.5. The lowest BCUT2D eigenvalue weighted by Crippen LogP contribution is -2.27. The fourth-order valence-electron chi connectivity index (χ4n) is 2.55. The molecule has 3 rings (SSSR count). The largest absolute Gasteiger partial charge is 0.482 e. The third-order valence-corrected chi connectivity index (χ3v) is 5.15. The van der Waals surface area contributed by atoms with Crippen molar-refractivity contribution in [2.24, 2.45) is 0 Å². The Labute approximate surface area is 181 Å². The van der Waals surface area contributed by atoms with Crippen LogP contribution in [0.1, 0.15) is 5.56 Å². The summed E-state index contributed by atoms with van der Waals surface area (Å²) in [4.78, 5) is 37.4. The van der Waals surface area contributed by atoms with Gasteiger partial charge in [0.2, 0.25) is 0 Å². The zero-order valence-corrected chi connectivity index (χ0v) is 17.1. The topological polar surface area (TPSA) is 75.7 Å². The Morgan fingerprint density at radius 1 is 1.27 bits per heavy atom. The van der Waals surface area contributed by atoms with E-state index in [9.17, 15) is 18.8 Å². The minimum absolute atomic E-state index is 0.0537. The Bertz CT molecular complexity index is 1060. The SMILES string of the molecule is C=CCN1C(=O)SC(=Cc2ccc(OCC(=O)Nc3ccccc3F)c(Cl)c2)C1=O. The molecule has 0 bridgehead atoms. The molecule has 0 saturated carbocycles. The number of carbonyl (C=O) groups excluding carboxylic acids is 3. The van der Waals surface area contributed by atoms with Gasteiger partial charge in [-0.25, -0.2) is 4.39 Å². The summed E-state index contributed by atoms with van der Waals surface area (Å²) in [6, 6.07) is 10.5. The highest BCUT2D eigenvalue weighted by Crippen LogP contribution is 2.33. The van der Waals surface area contributed by atoms with Crippen molar-refractivity contribution in [3.05, 3.63) is 76.4 Å². The van der Waals surface area contributed by atoms with Gasteiger partial charge in [0.25, 0.3) is 17.1 Å². The average molecular weight is 447 g/mol. The van der Waals surface area contributed by atoms with E-state index in [2.05, 4.69) is 11.9 Å². The van der Waals surface area contributed by atoms with Crippen molar-refractivity contribution >= 4 is 52.2 Å². The second-order valence-corrected chi connectivity index (χ2v) is 7.49. The van der Waals surface area contributed by atoms with E-state index in [1.54, 1.807) is 30.3 Å². The minimum Gasteiger partial charge on any atom is -0.482 e. The molecule has 2 aromatic carbocycles. The molecule has 1 N–H and O–H groups in total. The van der Waals surface area contributed by atoms with Gasteiger partial charge in [0, 0.05) is 6.54 Å². The van der Waals surface area contributed by atoms with Crippen LogP contribution in [0.15, 0.2) is 60.0 Å². The van der Waals surface area contributed by atoms with Crippen LogP contribution in [0.25, 0.3) is 6.08 Å². The Morgan fingerprint density at radius 2 is 2.03 bits per heavy atom. The Hall–Kier alpha value is -3.10. The van der Waals surface area contributed by atoms with Gasteiger partial charge >= 0.3 is 0 Å². The quantitative estimate of drug-likeness (QED) is 0.492. The third kappa shape index (κ3) is 5.08.